The van der Waals surface area contributed by atoms with Crippen LogP contribution in [0.5, 0.6) is 5.75 Å². The minimum Gasteiger partial charge on any atom is -0.483 e. The van der Waals surface area contributed by atoms with Crippen molar-refractivity contribution in [1.29, 1.82) is 5.41 Å². The zero-order valence-electron chi connectivity index (χ0n) is 20.7. The Morgan fingerprint density at radius 3 is 2.57 bits per heavy atom. The second-order valence-corrected chi connectivity index (χ2v) is 9.09. The van der Waals surface area contributed by atoms with Gasteiger partial charge in [0, 0.05) is 46.5 Å². The molecule has 0 bridgehead atoms. The molecule has 0 aliphatic carbocycles. The fourth-order valence-corrected chi connectivity index (χ4v) is 4.48. The van der Waals surface area contributed by atoms with Crippen LogP contribution in [0, 0.1) is 17.1 Å². The van der Waals surface area contributed by atoms with E-state index in [0.29, 0.717) is 5.75 Å². The van der Waals surface area contributed by atoms with Gasteiger partial charge < -0.3 is 19.7 Å². The van der Waals surface area contributed by atoms with Crippen molar-refractivity contribution in [2.75, 3.05) is 37.0 Å². The van der Waals surface area contributed by atoms with Gasteiger partial charge in [-0.2, -0.15) is 0 Å². The normalized spacial score (nSPS) is 14.7. The van der Waals surface area contributed by atoms with Gasteiger partial charge >= 0.3 is 0 Å². The molecule has 1 aliphatic heterocycles. The highest BCUT2D eigenvalue weighted by Crippen LogP contribution is 2.34. The van der Waals surface area contributed by atoms with E-state index in [4.69, 9.17) is 14.9 Å². The quantitative estimate of drug-likeness (QED) is 0.270. The molecule has 1 saturated heterocycles. The molecule has 3 aromatic rings. The average Bonchev–Trinajstić information content (AvgIpc) is 2.87. The SMILES string of the molecule is CC/C=C(/Nc1ccc(OCC(=N)OC)c2ccccc12)c1cc(F)cc(N2CCC(C)CC2)c1. The van der Waals surface area contributed by atoms with Crippen molar-refractivity contribution >= 4 is 33.7 Å². The number of anilines is 2. The maximum absolute atomic E-state index is 14.8. The molecule has 0 spiro atoms. The molecule has 0 saturated carbocycles. The lowest BCUT2D eigenvalue weighted by Crippen LogP contribution is -2.32. The summed E-state index contributed by atoms with van der Waals surface area (Å²) >= 11 is 0. The van der Waals surface area contributed by atoms with E-state index in [-0.39, 0.29) is 18.3 Å². The highest BCUT2D eigenvalue weighted by molar-refractivity contribution is 6.00. The summed E-state index contributed by atoms with van der Waals surface area (Å²) in [6, 6.07) is 17.1. The highest BCUT2D eigenvalue weighted by Gasteiger charge is 2.18. The molecule has 184 valence electrons. The number of nitrogens with one attached hydrogen (secondary N) is 2. The first kappa shape index (κ1) is 24.6. The van der Waals surface area contributed by atoms with Gasteiger partial charge in [-0.25, -0.2) is 4.39 Å². The van der Waals surface area contributed by atoms with E-state index >= 15 is 0 Å². The van der Waals surface area contributed by atoms with E-state index < -0.39 is 0 Å². The first-order valence-corrected chi connectivity index (χ1v) is 12.3. The maximum Gasteiger partial charge on any atom is 0.219 e. The maximum atomic E-state index is 14.8. The summed E-state index contributed by atoms with van der Waals surface area (Å²) in [5, 5.41) is 13.2. The van der Waals surface area contributed by atoms with Crippen LogP contribution in [0.15, 0.2) is 60.7 Å². The second-order valence-electron chi connectivity index (χ2n) is 9.09. The Labute approximate surface area is 207 Å². The van der Waals surface area contributed by atoms with Crippen molar-refractivity contribution < 1.29 is 13.9 Å². The first-order valence-electron chi connectivity index (χ1n) is 12.3. The van der Waals surface area contributed by atoms with Gasteiger partial charge in [-0.1, -0.05) is 44.2 Å². The number of piperidine rings is 1. The van der Waals surface area contributed by atoms with E-state index in [1.165, 1.54) is 7.11 Å². The van der Waals surface area contributed by atoms with Crippen molar-refractivity contribution in [3.63, 3.8) is 0 Å². The lowest BCUT2D eigenvalue weighted by Gasteiger charge is -2.32. The van der Waals surface area contributed by atoms with Crippen molar-refractivity contribution in [2.45, 2.75) is 33.1 Å². The van der Waals surface area contributed by atoms with Gasteiger partial charge in [-0.05, 0) is 55.5 Å². The minimum atomic E-state index is -0.228. The fraction of sp³-hybridized carbons (Fsp3) is 0.345. The molecular formula is C29H34FN3O2. The number of allylic oxidation sites excluding steroid dienone is 1. The molecule has 0 aromatic heterocycles. The van der Waals surface area contributed by atoms with E-state index in [2.05, 4.69) is 36.2 Å². The van der Waals surface area contributed by atoms with Gasteiger partial charge in [0.2, 0.25) is 5.90 Å². The second kappa shape index (κ2) is 11.3. The molecule has 0 amide bonds. The number of fused-ring (bicyclic) bond motifs is 1. The lowest BCUT2D eigenvalue weighted by atomic mass is 9.98. The molecule has 1 fully saturated rings. The van der Waals surface area contributed by atoms with Crippen molar-refractivity contribution in [1.82, 2.24) is 0 Å². The predicted octanol–water partition coefficient (Wildman–Crippen LogP) is 7.08. The van der Waals surface area contributed by atoms with Crippen LogP contribution in [0.4, 0.5) is 15.8 Å². The van der Waals surface area contributed by atoms with Gasteiger partial charge in [0.1, 0.15) is 11.6 Å². The summed E-state index contributed by atoms with van der Waals surface area (Å²) in [7, 11) is 1.46. The molecular weight excluding hydrogens is 441 g/mol. The number of hydrogen-bond acceptors (Lipinski definition) is 5. The van der Waals surface area contributed by atoms with E-state index in [1.54, 1.807) is 12.1 Å². The number of halogens is 1. The Morgan fingerprint density at radius 1 is 1.11 bits per heavy atom. The zero-order chi connectivity index (χ0) is 24.8. The number of benzene rings is 3. The molecule has 0 radical (unpaired) electrons. The van der Waals surface area contributed by atoms with E-state index in [9.17, 15) is 4.39 Å². The summed E-state index contributed by atoms with van der Waals surface area (Å²) in [6.45, 7) is 6.33. The largest absolute Gasteiger partial charge is 0.483 e. The molecule has 0 atom stereocenters. The molecule has 1 aliphatic rings. The van der Waals surface area contributed by atoms with Crippen LogP contribution < -0.4 is 15.0 Å². The zero-order valence-corrected chi connectivity index (χ0v) is 20.7. The summed E-state index contributed by atoms with van der Waals surface area (Å²) in [5.74, 6) is 1.24. The summed E-state index contributed by atoms with van der Waals surface area (Å²) in [4.78, 5) is 2.29. The highest BCUT2D eigenvalue weighted by atomic mass is 19.1. The van der Waals surface area contributed by atoms with Gasteiger partial charge in [-0.15, -0.1) is 0 Å². The van der Waals surface area contributed by atoms with Crippen molar-refractivity contribution in [3.05, 3.63) is 72.1 Å². The lowest BCUT2D eigenvalue weighted by molar-refractivity contribution is 0.312. The number of nitrogens with zero attached hydrogens (tertiary/aromatic N) is 1. The van der Waals surface area contributed by atoms with Crippen LogP contribution in [0.1, 0.15) is 38.7 Å². The van der Waals surface area contributed by atoms with Crippen LogP contribution in [0.2, 0.25) is 0 Å². The fourth-order valence-electron chi connectivity index (χ4n) is 4.48. The molecule has 0 unspecified atom stereocenters. The van der Waals surface area contributed by atoms with E-state index in [1.807, 2.05) is 36.4 Å². The monoisotopic (exact) mass is 475 g/mol. The molecule has 3 aromatic carbocycles. The molecule has 5 nitrogen and oxygen atoms in total. The van der Waals surface area contributed by atoms with Gasteiger partial charge in [-0.3, -0.25) is 5.41 Å². The topological polar surface area (TPSA) is 57.6 Å². The Morgan fingerprint density at radius 2 is 1.86 bits per heavy atom. The number of rotatable bonds is 8. The van der Waals surface area contributed by atoms with Crippen molar-refractivity contribution in [3.8, 4) is 5.75 Å². The Balaban J connectivity index is 1.65. The summed E-state index contributed by atoms with van der Waals surface area (Å²) in [5.41, 5.74) is 3.55. The van der Waals surface area contributed by atoms with E-state index in [0.717, 1.165) is 71.7 Å². The number of hydrogen-bond donors (Lipinski definition) is 2. The molecule has 6 heteroatoms. The minimum absolute atomic E-state index is 0.0644. The third kappa shape index (κ3) is 5.94. The average molecular weight is 476 g/mol. The Bertz CT molecular complexity index is 1220. The smallest absolute Gasteiger partial charge is 0.219 e. The Kier molecular flexibility index (Phi) is 7.91. The van der Waals surface area contributed by atoms with Crippen LogP contribution in [-0.2, 0) is 4.74 Å². The first-order chi connectivity index (χ1) is 17.0. The third-order valence-corrected chi connectivity index (χ3v) is 6.51. The van der Waals surface area contributed by atoms with Gasteiger partial charge in [0.25, 0.3) is 0 Å². The van der Waals surface area contributed by atoms with Crippen LogP contribution in [-0.4, -0.2) is 32.7 Å². The number of ether oxygens (including phenoxy) is 2. The van der Waals surface area contributed by atoms with Crippen molar-refractivity contribution in [2.24, 2.45) is 5.92 Å². The molecule has 35 heavy (non-hydrogen) atoms. The van der Waals surface area contributed by atoms with Crippen LogP contribution >= 0.6 is 0 Å². The van der Waals surface area contributed by atoms with Crippen LogP contribution in [0.25, 0.3) is 16.5 Å². The molecule has 1 heterocycles. The molecule has 2 N–H and O–H groups in total. The molecule has 4 rings (SSSR count). The number of methoxy groups -OCH3 is 1. The van der Waals surface area contributed by atoms with Crippen LogP contribution in [0.3, 0.4) is 0 Å². The predicted molar refractivity (Wildman–Crippen MR) is 143 cm³/mol. The van der Waals surface area contributed by atoms with Gasteiger partial charge in [0.05, 0.1) is 7.11 Å². The summed E-state index contributed by atoms with van der Waals surface area (Å²) in [6.07, 6.45) is 5.17. The van der Waals surface area contributed by atoms with Gasteiger partial charge in [0.15, 0.2) is 6.61 Å². The standard InChI is InChI=1S/C29H34FN3O2/c1-4-7-26(21-16-22(30)18-23(17-21)33-14-12-20(2)13-15-33)32-27-10-11-28(35-19-29(31)34-3)25-9-6-5-8-24(25)27/h5-11,16-18,20,31-32H,4,12-15,19H2,1-3H3/b26-7+,31-29?. The Hall–Kier alpha value is -3.54. The summed E-state index contributed by atoms with van der Waals surface area (Å²) < 4.78 is 25.5. The third-order valence-electron chi connectivity index (χ3n) is 6.51.